The molecule has 0 N–H and O–H groups in total. The normalized spacial score (nSPS) is 11.1. The Morgan fingerprint density at radius 3 is 2.83 bits per heavy atom. The molecule has 122 valence electrons. The van der Waals surface area contributed by atoms with Gasteiger partial charge in [0.1, 0.15) is 12.4 Å². The second-order valence-electron chi connectivity index (χ2n) is 5.61. The van der Waals surface area contributed by atoms with Crippen LogP contribution in [0, 0.1) is 18.3 Å². The zero-order valence-electron chi connectivity index (χ0n) is 13.6. The summed E-state index contributed by atoms with van der Waals surface area (Å²) in [5.41, 5.74) is 0.493. The topological polar surface area (TPSA) is 74.8 Å². The van der Waals surface area contributed by atoms with Gasteiger partial charge in [-0.25, -0.2) is 9.97 Å². The van der Waals surface area contributed by atoms with E-state index < -0.39 is 0 Å². The van der Waals surface area contributed by atoms with Crippen LogP contribution in [0.2, 0.25) is 0 Å². The minimum absolute atomic E-state index is 0.000489. The van der Waals surface area contributed by atoms with Crippen LogP contribution in [0.3, 0.4) is 0 Å². The Balaban J connectivity index is 1.94. The van der Waals surface area contributed by atoms with E-state index in [0.29, 0.717) is 23.3 Å². The predicted octanol–water partition coefficient (Wildman–Crippen LogP) is 2.32. The number of thiazole rings is 1. The molecule has 0 radical (unpaired) electrons. The lowest BCUT2D eigenvalue weighted by Crippen LogP contribution is -2.29. The van der Waals surface area contributed by atoms with Gasteiger partial charge in [0.2, 0.25) is 0 Å². The van der Waals surface area contributed by atoms with Gasteiger partial charge in [-0.2, -0.15) is 5.26 Å². The molecule has 0 aliphatic heterocycles. The number of nitriles is 1. The van der Waals surface area contributed by atoms with Gasteiger partial charge in [-0.05, 0) is 26.1 Å². The van der Waals surface area contributed by atoms with Crippen LogP contribution in [0.4, 0.5) is 0 Å². The number of rotatable bonds is 5. The van der Waals surface area contributed by atoms with Gasteiger partial charge in [0.25, 0.3) is 5.56 Å². The van der Waals surface area contributed by atoms with Gasteiger partial charge in [0, 0.05) is 17.6 Å². The quantitative estimate of drug-likeness (QED) is 0.713. The Kier molecular flexibility index (Phi) is 4.69. The first-order valence-corrected chi connectivity index (χ1v) is 8.35. The summed E-state index contributed by atoms with van der Waals surface area (Å²) in [7, 11) is 1.97. The molecule has 0 saturated heterocycles. The van der Waals surface area contributed by atoms with Gasteiger partial charge in [0.15, 0.2) is 0 Å². The van der Waals surface area contributed by atoms with Crippen LogP contribution >= 0.6 is 11.3 Å². The second kappa shape index (κ2) is 6.91. The minimum atomic E-state index is -0.167. The molecular weight excluding hydrogens is 322 g/mol. The molecule has 6 nitrogen and oxygen atoms in total. The maximum Gasteiger partial charge on any atom is 0.262 e. The Morgan fingerprint density at radius 2 is 2.12 bits per heavy atom. The molecule has 24 heavy (non-hydrogen) atoms. The van der Waals surface area contributed by atoms with Gasteiger partial charge in [0.05, 0.1) is 28.5 Å². The van der Waals surface area contributed by atoms with Crippen molar-refractivity contribution in [3.8, 4) is 6.07 Å². The van der Waals surface area contributed by atoms with Crippen LogP contribution in [-0.2, 0) is 19.6 Å². The summed E-state index contributed by atoms with van der Waals surface area (Å²) in [5, 5.41) is 10.6. The molecule has 1 aromatic carbocycles. The van der Waals surface area contributed by atoms with E-state index in [9.17, 15) is 4.79 Å². The zero-order chi connectivity index (χ0) is 17.1. The SMILES string of the molecule is Cc1ncc(CN(C)Cc2nc3ccccc3c(=O)n2CC#N)s1. The molecule has 0 spiro atoms. The Hall–Kier alpha value is -2.56. The van der Waals surface area contributed by atoms with Crippen molar-refractivity contribution < 1.29 is 0 Å². The molecule has 3 rings (SSSR count). The van der Waals surface area contributed by atoms with Crippen LogP contribution in [0.15, 0.2) is 35.3 Å². The highest BCUT2D eigenvalue weighted by Gasteiger charge is 2.13. The van der Waals surface area contributed by atoms with E-state index in [0.717, 1.165) is 16.4 Å². The summed E-state index contributed by atoms with van der Waals surface area (Å²) in [5.74, 6) is 0.601. The van der Waals surface area contributed by atoms with Gasteiger partial charge in [-0.3, -0.25) is 14.3 Å². The molecule has 2 heterocycles. The zero-order valence-corrected chi connectivity index (χ0v) is 14.4. The third kappa shape index (κ3) is 3.35. The van der Waals surface area contributed by atoms with Gasteiger partial charge in [-0.1, -0.05) is 12.1 Å². The number of benzene rings is 1. The molecule has 0 fully saturated rings. The number of para-hydroxylation sites is 1. The summed E-state index contributed by atoms with van der Waals surface area (Å²) in [6.07, 6.45) is 1.87. The van der Waals surface area contributed by atoms with Crippen molar-refractivity contribution in [3.63, 3.8) is 0 Å². The molecule has 0 amide bonds. The summed E-state index contributed by atoms with van der Waals surface area (Å²) < 4.78 is 1.46. The summed E-state index contributed by atoms with van der Waals surface area (Å²) in [6, 6.07) is 9.28. The van der Waals surface area contributed by atoms with E-state index in [1.807, 2.05) is 32.3 Å². The van der Waals surface area contributed by atoms with E-state index in [2.05, 4.69) is 20.9 Å². The highest BCUT2D eigenvalue weighted by molar-refractivity contribution is 7.11. The van der Waals surface area contributed by atoms with Gasteiger partial charge < -0.3 is 0 Å². The first-order valence-electron chi connectivity index (χ1n) is 7.53. The molecule has 0 aliphatic carbocycles. The molecule has 0 unspecified atom stereocenters. The molecule has 3 aromatic rings. The summed E-state index contributed by atoms with van der Waals surface area (Å²) >= 11 is 1.65. The van der Waals surface area contributed by atoms with E-state index in [4.69, 9.17) is 5.26 Å². The third-order valence-electron chi connectivity index (χ3n) is 3.68. The largest absolute Gasteiger partial charge is 0.294 e. The molecule has 0 saturated carbocycles. The number of nitrogens with zero attached hydrogens (tertiary/aromatic N) is 5. The van der Waals surface area contributed by atoms with Gasteiger partial charge >= 0.3 is 0 Å². The van der Waals surface area contributed by atoms with Crippen LogP contribution in [0.1, 0.15) is 15.7 Å². The average Bonchev–Trinajstić information content (AvgIpc) is 2.96. The first kappa shape index (κ1) is 16.3. The third-order valence-corrected chi connectivity index (χ3v) is 4.57. The molecule has 2 aromatic heterocycles. The van der Waals surface area contributed by atoms with E-state index in [1.54, 1.807) is 23.5 Å². The number of fused-ring (bicyclic) bond motifs is 1. The molecule has 7 heteroatoms. The standard InChI is InChI=1S/C17H17N5OS/c1-12-19-9-13(24-12)10-21(2)11-16-20-15-6-4-3-5-14(15)17(23)22(16)8-7-18/h3-6,9H,8,10-11H2,1-2H3. The lowest BCUT2D eigenvalue weighted by atomic mass is 10.2. The molecule has 0 bridgehead atoms. The van der Waals surface area contributed by atoms with E-state index >= 15 is 0 Å². The summed E-state index contributed by atoms with van der Waals surface area (Å²) in [4.78, 5) is 24.7. The second-order valence-corrected chi connectivity index (χ2v) is 6.93. The Morgan fingerprint density at radius 1 is 1.33 bits per heavy atom. The lowest BCUT2D eigenvalue weighted by Gasteiger charge is -2.18. The Bertz CT molecular complexity index is 969. The van der Waals surface area contributed by atoms with Crippen molar-refractivity contribution in [1.29, 1.82) is 5.26 Å². The van der Waals surface area contributed by atoms with Crippen molar-refractivity contribution >= 4 is 22.2 Å². The average molecular weight is 339 g/mol. The molecular formula is C17H17N5OS. The van der Waals surface area contributed by atoms with E-state index in [1.165, 1.54) is 4.57 Å². The van der Waals surface area contributed by atoms with Crippen LogP contribution in [0.5, 0.6) is 0 Å². The summed E-state index contributed by atoms with van der Waals surface area (Å²) in [6.45, 7) is 3.18. The predicted molar refractivity (Wildman–Crippen MR) is 93.6 cm³/mol. The van der Waals surface area contributed by atoms with Crippen molar-refractivity contribution in [2.24, 2.45) is 0 Å². The number of hydrogen-bond donors (Lipinski definition) is 0. The van der Waals surface area contributed by atoms with Crippen molar-refractivity contribution in [3.05, 3.63) is 56.5 Å². The maximum absolute atomic E-state index is 12.6. The first-order chi connectivity index (χ1) is 11.6. The number of aryl methyl sites for hydroxylation is 1. The van der Waals surface area contributed by atoms with Crippen molar-refractivity contribution in [2.45, 2.75) is 26.6 Å². The fourth-order valence-electron chi connectivity index (χ4n) is 2.61. The smallest absolute Gasteiger partial charge is 0.262 e. The van der Waals surface area contributed by atoms with E-state index in [-0.39, 0.29) is 12.1 Å². The van der Waals surface area contributed by atoms with Crippen molar-refractivity contribution in [1.82, 2.24) is 19.4 Å². The lowest BCUT2D eigenvalue weighted by molar-refractivity contribution is 0.307. The fraction of sp³-hybridized carbons (Fsp3) is 0.294. The van der Waals surface area contributed by atoms with Crippen LogP contribution < -0.4 is 5.56 Å². The molecule has 0 aliphatic rings. The number of aromatic nitrogens is 3. The number of hydrogen-bond acceptors (Lipinski definition) is 6. The highest BCUT2D eigenvalue weighted by atomic mass is 32.1. The highest BCUT2D eigenvalue weighted by Crippen LogP contribution is 2.15. The Labute approximate surface area is 143 Å². The maximum atomic E-state index is 12.6. The van der Waals surface area contributed by atoms with Crippen molar-refractivity contribution in [2.75, 3.05) is 7.05 Å². The van der Waals surface area contributed by atoms with Gasteiger partial charge in [-0.15, -0.1) is 11.3 Å². The van der Waals surface area contributed by atoms with Crippen LogP contribution in [-0.4, -0.2) is 26.5 Å². The minimum Gasteiger partial charge on any atom is -0.294 e. The van der Waals surface area contributed by atoms with Crippen LogP contribution in [0.25, 0.3) is 10.9 Å². The molecule has 0 atom stereocenters. The monoisotopic (exact) mass is 339 g/mol. The fourth-order valence-corrected chi connectivity index (χ4v) is 3.49.